The number of benzene rings is 3. The Morgan fingerprint density at radius 1 is 0.923 bits per heavy atom. The summed E-state index contributed by atoms with van der Waals surface area (Å²) in [5.74, 6) is -0.321. The lowest BCUT2D eigenvalue weighted by molar-refractivity contribution is 0.0936. The Balaban J connectivity index is 1.70. The zero-order valence-electron chi connectivity index (χ0n) is 14.2. The number of aromatic amines is 1. The van der Waals surface area contributed by atoms with Gasteiger partial charge in [-0.2, -0.15) is 5.10 Å². The van der Waals surface area contributed by atoms with Crippen LogP contribution in [-0.4, -0.2) is 16.1 Å². The first kappa shape index (κ1) is 16.0. The molecule has 1 amide bonds. The highest BCUT2D eigenvalue weighted by Crippen LogP contribution is 2.24. The van der Waals surface area contributed by atoms with Crippen LogP contribution in [0.2, 0.25) is 0 Å². The van der Waals surface area contributed by atoms with Crippen molar-refractivity contribution in [2.24, 2.45) is 0 Å². The molecule has 4 rings (SSSR count). The van der Waals surface area contributed by atoms with Gasteiger partial charge in [0.25, 0.3) is 11.5 Å². The maximum atomic E-state index is 12.8. The van der Waals surface area contributed by atoms with Crippen molar-refractivity contribution >= 4 is 27.5 Å². The highest BCUT2D eigenvalue weighted by molar-refractivity contribution is 6.05. The fraction of sp³-hybridized carbons (Fsp3) is 0.0952. The molecule has 1 atom stereocenters. The lowest BCUT2D eigenvalue weighted by atomic mass is 9.99. The predicted octanol–water partition coefficient (Wildman–Crippen LogP) is 3.57. The third-order valence-electron chi connectivity index (χ3n) is 4.55. The minimum atomic E-state index is -0.321. The first-order chi connectivity index (χ1) is 12.6. The van der Waals surface area contributed by atoms with Crippen molar-refractivity contribution in [3.63, 3.8) is 0 Å². The van der Waals surface area contributed by atoms with E-state index in [-0.39, 0.29) is 23.2 Å². The van der Waals surface area contributed by atoms with Gasteiger partial charge < -0.3 is 5.32 Å². The molecule has 128 valence electrons. The molecule has 0 unspecified atom stereocenters. The fourth-order valence-corrected chi connectivity index (χ4v) is 3.26. The summed E-state index contributed by atoms with van der Waals surface area (Å²) < 4.78 is 0. The van der Waals surface area contributed by atoms with Gasteiger partial charge in [-0.1, -0.05) is 60.7 Å². The third-order valence-corrected chi connectivity index (χ3v) is 4.55. The molecule has 26 heavy (non-hydrogen) atoms. The van der Waals surface area contributed by atoms with Gasteiger partial charge in [0.15, 0.2) is 5.69 Å². The Kier molecular flexibility index (Phi) is 3.97. The largest absolute Gasteiger partial charge is 0.344 e. The van der Waals surface area contributed by atoms with E-state index in [1.165, 1.54) is 0 Å². The van der Waals surface area contributed by atoms with Gasteiger partial charge in [0.2, 0.25) is 0 Å². The number of hydrogen-bond donors (Lipinski definition) is 2. The second kappa shape index (κ2) is 6.44. The van der Waals surface area contributed by atoms with Crippen molar-refractivity contribution in [2.45, 2.75) is 13.0 Å². The van der Waals surface area contributed by atoms with Gasteiger partial charge in [0.05, 0.1) is 11.4 Å². The molecule has 0 aliphatic carbocycles. The number of hydrogen-bond acceptors (Lipinski definition) is 3. The second-order valence-electron chi connectivity index (χ2n) is 6.21. The molecule has 0 bridgehead atoms. The normalized spacial score (nSPS) is 12.2. The smallest absolute Gasteiger partial charge is 0.272 e. The van der Waals surface area contributed by atoms with E-state index >= 15 is 0 Å². The lowest BCUT2D eigenvalue weighted by Crippen LogP contribution is -2.29. The molecule has 5 heteroatoms. The number of nitrogens with zero attached hydrogens (tertiary/aromatic N) is 1. The van der Waals surface area contributed by atoms with E-state index in [0.29, 0.717) is 10.8 Å². The van der Waals surface area contributed by atoms with Crippen LogP contribution in [0.5, 0.6) is 0 Å². The van der Waals surface area contributed by atoms with Crippen LogP contribution in [0.4, 0.5) is 0 Å². The Hall–Kier alpha value is -3.47. The van der Waals surface area contributed by atoms with Gasteiger partial charge in [-0.25, -0.2) is 5.10 Å². The molecule has 0 spiro atoms. The minimum Gasteiger partial charge on any atom is -0.344 e. The summed E-state index contributed by atoms with van der Waals surface area (Å²) in [6.07, 6.45) is 0. The Morgan fingerprint density at radius 3 is 2.38 bits per heavy atom. The highest BCUT2D eigenvalue weighted by Gasteiger charge is 2.17. The maximum Gasteiger partial charge on any atom is 0.272 e. The van der Waals surface area contributed by atoms with Crippen LogP contribution < -0.4 is 10.9 Å². The zero-order chi connectivity index (χ0) is 18.1. The molecule has 0 radical (unpaired) electrons. The molecule has 1 aromatic heterocycles. The molecule has 3 aromatic carbocycles. The molecule has 1 heterocycles. The average molecular weight is 343 g/mol. The molecule has 0 aliphatic rings. The summed E-state index contributed by atoms with van der Waals surface area (Å²) in [6, 6.07) is 20.8. The van der Waals surface area contributed by atoms with Crippen LogP contribution in [0.1, 0.15) is 29.0 Å². The fourth-order valence-electron chi connectivity index (χ4n) is 3.26. The Morgan fingerprint density at radius 2 is 1.58 bits per heavy atom. The van der Waals surface area contributed by atoms with E-state index < -0.39 is 0 Å². The predicted molar refractivity (Wildman–Crippen MR) is 102 cm³/mol. The molecule has 4 aromatic rings. The number of rotatable bonds is 3. The molecule has 5 nitrogen and oxygen atoms in total. The summed E-state index contributed by atoms with van der Waals surface area (Å²) in [5.41, 5.74) is 0.941. The lowest BCUT2D eigenvalue weighted by Gasteiger charge is -2.17. The summed E-state index contributed by atoms with van der Waals surface area (Å²) >= 11 is 0. The maximum absolute atomic E-state index is 12.8. The van der Waals surface area contributed by atoms with Gasteiger partial charge in [0, 0.05) is 5.39 Å². The summed E-state index contributed by atoms with van der Waals surface area (Å²) in [4.78, 5) is 24.7. The number of carbonyl (C=O) groups is 1. The van der Waals surface area contributed by atoms with Crippen LogP contribution in [0.15, 0.2) is 71.5 Å². The molecular weight excluding hydrogens is 326 g/mol. The molecule has 0 saturated heterocycles. The first-order valence-electron chi connectivity index (χ1n) is 8.41. The Bertz CT molecular complexity index is 1180. The van der Waals surface area contributed by atoms with Crippen LogP contribution in [0.25, 0.3) is 21.5 Å². The van der Waals surface area contributed by atoms with Crippen LogP contribution in [0, 0.1) is 0 Å². The summed E-state index contributed by atoms with van der Waals surface area (Å²) in [6.45, 7) is 1.94. The van der Waals surface area contributed by atoms with Crippen LogP contribution in [0.3, 0.4) is 0 Å². The number of amides is 1. The van der Waals surface area contributed by atoms with Crippen molar-refractivity contribution in [1.82, 2.24) is 15.5 Å². The van der Waals surface area contributed by atoms with Crippen molar-refractivity contribution in [3.05, 3.63) is 88.3 Å². The number of H-pyrrole nitrogens is 1. The van der Waals surface area contributed by atoms with E-state index in [2.05, 4.69) is 15.5 Å². The van der Waals surface area contributed by atoms with Gasteiger partial charge in [-0.05, 0) is 29.3 Å². The molecule has 0 saturated carbocycles. The summed E-state index contributed by atoms with van der Waals surface area (Å²) in [5, 5.41) is 12.6. The van der Waals surface area contributed by atoms with Crippen LogP contribution in [-0.2, 0) is 0 Å². The van der Waals surface area contributed by atoms with Gasteiger partial charge in [-0.3, -0.25) is 9.59 Å². The highest BCUT2D eigenvalue weighted by atomic mass is 16.2. The van der Waals surface area contributed by atoms with E-state index in [1.807, 2.05) is 49.4 Å². The zero-order valence-corrected chi connectivity index (χ0v) is 14.2. The van der Waals surface area contributed by atoms with Crippen molar-refractivity contribution in [3.8, 4) is 0 Å². The molecular formula is C21H17N3O2. The quantitative estimate of drug-likeness (QED) is 0.597. The number of carbonyl (C=O) groups excluding carboxylic acids is 1. The van der Waals surface area contributed by atoms with Crippen molar-refractivity contribution in [2.75, 3.05) is 0 Å². The molecule has 2 N–H and O–H groups in total. The SMILES string of the molecule is C[C@H](NC(=O)c1n[nH]c(=O)c2ccccc12)c1cccc2ccccc12. The first-order valence-corrected chi connectivity index (χ1v) is 8.41. The van der Waals surface area contributed by atoms with Crippen LogP contribution >= 0.6 is 0 Å². The van der Waals surface area contributed by atoms with Crippen molar-refractivity contribution < 1.29 is 4.79 Å². The van der Waals surface area contributed by atoms with Gasteiger partial charge in [0.1, 0.15) is 0 Å². The second-order valence-corrected chi connectivity index (χ2v) is 6.21. The Labute approximate surface area is 149 Å². The van der Waals surface area contributed by atoms with Gasteiger partial charge in [-0.15, -0.1) is 0 Å². The number of aromatic nitrogens is 2. The number of nitrogens with one attached hydrogen (secondary N) is 2. The minimum absolute atomic E-state index is 0.207. The van der Waals surface area contributed by atoms with E-state index in [1.54, 1.807) is 24.3 Å². The van der Waals surface area contributed by atoms with E-state index in [4.69, 9.17) is 0 Å². The third kappa shape index (κ3) is 2.73. The average Bonchev–Trinajstić information content (AvgIpc) is 2.68. The topological polar surface area (TPSA) is 74.8 Å². The number of fused-ring (bicyclic) bond motifs is 2. The summed E-state index contributed by atoms with van der Waals surface area (Å²) in [7, 11) is 0. The standard InChI is InChI=1S/C21H17N3O2/c1-13(15-12-6-8-14-7-2-3-9-16(14)15)22-21(26)19-17-10-4-5-11-18(17)20(25)24-23-19/h2-13H,1H3,(H,22,26)(H,24,25)/t13-/m0/s1. The van der Waals surface area contributed by atoms with Gasteiger partial charge >= 0.3 is 0 Å². The molecule has 0 aliphatic heterocycles. The molecule has 0 fully saturated rings. The van der Waals surface area contributed by atoms with Crippen molar-refractivity contribution in [1.29, 1.82) is 0 Å². The van der Waals surface area contributed by atoms with E-state index in [0.717, 1.165) is 16.3 Å². The van der Waals surface area contributed by atoms with E-state index in [9.17, 15) is 9.59 Å². The monoisotopic (exact) mass is 343 g/mol.